The zero-order chi connectivity index (χ0) is 19.4. The molecule has 2 saturated heterocycles. The molecule has 2 aliphatic rings. The van der Waals surface area contributed by atoms with E-state index < -0.39 is 11.6 Å². The summed E-state index contributed by atoms with van der Waals surface area (Å²) in [5.41, 5.74) is -0.716. The molecule has 148 valence electrons. The number of rotatable bonds is 5. The van der Waals surface area contributed by atoms with E-state index in [1.54, 1.807) is 24.3 Å². The molecule has 0 bridgehead atoms. The van der Waals surface area contributed by atoms with Gasteiger partial charge in [-0.15, -0.1) is 0 Å². The summed E-state index contributed by atoms with van der Waals surface area (Å²) in [6, 6.07) is 18.7. The van der Waals surface area contributed by atoms with Crippen LogP contribution in [0.25, 0.3) is 0 Å². The second-order valence-corrected chi connectivity index (χ2v) is 8.04. The van der Waals surface area contributed by atoms with Crippen molar-refractivity contribution >= 4 is 5.97 Å². The van der Waals surface area contributed by atoms with Gasteiger partial charge in [0.1, 0.15) is 0 Å². The lowest BCUT2D eigenvalue weighted by atomic mass is 9.83. The molecule has 2 aromatic rings. The van der Waals surface area contributed by atoms with Crippen molar-refractivity contribution in [1.82, 2.24) is 4.90 Å². The lowest BCUT2D eigenvalue weighted by Gasteiger charge is -2.44. The molecule has 2 heterocycles. The minimum absolute atomic E-state index is 0.355. The normalized spacial score (nSPS) is 23.0. The van der Waals surface area contributed by atoms with E-state index in [-0.39, 0.29) is 0 Å². The fraction of sp³-hybridized carbons (Fsp3) is 0.458. The summed E-state index contributed by atoms with van der Waals surface area (Å²) < 4.78 is 5.79. The highest BCUT2D eigenvalue weighted by molar-refractivity contribution is 5.85. The van der Waals surface area contributed by atoms with Crippen LogP contribution in [0.3, 0.4) is 0 Å². The fourth-order valence-corrected chi connectivity index (χ4v) is 4.82. The van der Waals surface area contributed by atoms with Gasteiger partial charge in [0.2, 0.25) is 5.60 Å². The van der Waals surface area contributed by atoms with Gasteiger partial charge in [0.05, 0.1) is 6.61 Å². The molecule has 4 heteroatoms. The van der Waals surface area contributed by atoms with Crippen molar-refractivity contribution in [2.45, 2.75) is 43.7 Å². The third-order valence-electron chi connectivity index (χ3n) is 6.34. The Hall–Kier alpha value is -2.17. The second kappa shape index (κ2) is 8.46. The Kier molecular flexibility index (Phi) is 5.79. The predicted molar refractivity (Wildman–Crippen MR) is 109 cm³/mol. The molecule has 0 aromatic heterocycles. The van der Waals surface area contributed by atoms with E-state index in [4.69, 9.17) is 4.74 Å². The number of fused-ring (bicyclic) bond motifs is 1. The zero-order valence-corrected chi connectivity index (χ0v) is 16.3. The highest BCUT2D eigenvalue weighted by Crippen LogP contribution is 2.34. The van der Waals surface area contributed by atoms with Crippen molar-refractivity contribution in [2.75, 3.05) is 19.7 Å². The van der Waals surface area contributed by atoms with E-state index in [9.17, 15) is 9.90 Å². The summed E-state index contributed by atoms with van der Waals surface area (Å²) in [6.45, 7) is 2.70. The molecular weight excluding hydrogens is 350 g/mol. The van der Waals surface area contributed by atoms with E-state index in [1.165, 1.54) is 19.3 Å². The molecule has 0 radical (unpaired) electrons. The van der Waals surface area contributed by atoms with Crippen LogP contribution in [0, 0.1) is 5.92 Å². The van der Waals surface area contributed by atoms with Gasteiger partial charge < -0.3 is 9.84 Å². The number of nitrogens with zero attached hydrogens (tertiary/aromatic N) is 1. The maximum absolute atomic E-state index is 13.2. The van der Waals surface area contributed by atoms with Crippen molar-refractivity contribution < 1.29 is 14.6 Å². The number of esters is 1. The monoisotopic (exact) mass is 379 g/mol. The van der Waals surface area contributed by atoms with Crippen molar-refractivity contribution in [3.8, 4) is 0 Å². The maximum atomic E-state index is 13.2. The van der Waals surface area contributed by atoms with E-state index in [0.717, 1.165) is 25.9 Å². The molecule has 4 rings (SSSR count). The standard InChI is InChI=1S/C24H29NO3/c26-23(28-18-19-10-9-17-25-16-8-7-15-22(19)25)24(27,20-11-3-1-4-12-20)21-13-5-2-6-14-21/h1-6,11-14,19,22,27H,7-10,15-18H2. The Balaban J connectivity index is 1.53. The molecule has 28 heavy (non-hydrogen) atoms. The Morgan fingerprint density at radius 2 is 1.54 bits per heavy atom. The van der Waals surface area contributed by atoms with Gasteiger partial charge in [-0.05, 0) is 49.9 Å². The molecule has 2 atom stereocenters. The number of carbonyl (C=O) groups is 1. The molecule has 0 saturated carbocycles. The maximum Gasteiger partial charge on any atom is 0.347 e. The molecule has 1 N–H and O–H groups in total. The molecule has 4 nitrogen and oxygen atoms in total. The van der Waals surface area contributed by atoms with Crippen molar-refractivity contribution in [2.24, 2.45) is 5.92 Å². The van der Waals surface area contributed by atoms with Crippen molar-refractivity contribution in [3.05, 3.63) is 71.8 Å². The number of hydrogen-bond donors (Lipinski definition) is 1. The molecule has 2 aliphatic heterocycles. The van der Waals surface area contributed by atoms with Gasteiger partial charge in [-0.2, -0.15) is 0 Å². The van der Waals surface area contributed by atoms with Gasteiger partial charge in [-0.1, -0.05) is 67.1 Å². The topological polar surface area (TPSA) is 49.8 Å². The number of carbonyl (C=O) groups excluding carboxylic acids is 1. The molecule has 2 unspecified atom stereocenters. The second-order valence-electron chi connectivity index (χ2n) is 8.04. The third-order valence-corrected chi connectivity index (χ3v) is 6.34. The molecule has 0 amide bonds. The number of ether oxygens (including phenoxy) is 1. The van der Waals surface area contributed by atoms with Crippen LogP contribution < -0.4 is 0 Å². The van der Waals surface area contributed by atoms with E-state index >= 15 is 0 Å². The number of aliphatic hydroxyl groups is 1. The predicted octanol–water partition coefficient (Wildman–Crippen LogP) is 3.73. The minimum Gasteiger partial charge on any atom is -0.463 e. The largest absolute Gasteiger partial charge is 0.463 e. The number of benzene rings is 2. The summed E-state index contributed by atoms with van der Waals surface area (Å²) in [5, 5.41) is 11.5. The van der Waals surface area contributed by atoms with Crippen molar-refractivity contribution in [3.63, 3.8) is 0 Å². The molecule has 0 spiro atoms. The number of hydrogen-bond acceptors (Lipinski definition) is 4. The van der Waals surface area contributed by atoms with Crippen LogP contribution >= 0.6 is 0 Å². The molecule has 2 aromatic carbocycles. The summed E-state index contributed by atoms with van der Waals surface area (Å²) in [5.74, 6) is -0.230. The first kappa shape index (κ1) is 19.2. The van der Waals surface area contributed by atoms with E-state index in [1.807, 2.05) is 36.4 Å². The average molecular weight is 380 g/mol. The van der Waals surface area contributed by atoms with Crippen LogP contribution in [0.2, 0.25) is 0 Å². The van der Waals surface area contributed by atoms with Gasteiger partial charge >= 0.3 is 5.97 Å². The molecular formula is C24H29NO3. The van der Waals surface area contributed by atoms with Crippen LogP contribution in [0.5, 0.6) is 0 Å². The lowest BCUT2D eigenvalue weighted by molar-refractivity contribution is -0.165. The summed E-state index contributed by atoms with van der Waals surface area (Å²) in [4.78, 5) is 15.7. The highest BCUT2D eigenvalue weighted by Gasteiger charge is 2.42. The molecule has 2 fully saturated rings. The van der Waals surface area contributed by atoms with Gasteiger partial charge in [0.25, 0.3) is 0 Å². The first-order valence-corrected chi connectivity index (χ1v) is 10.4. The van der Waals surface area contributed by atoms with Gasteiger partial charge in [0.15, 0.2) is 0 Å². The van der Waals surface area contributed by atoms with Gasteiger partial charge in [-0.3, -0.25) is 4.90 Å². The van der Waals surface area contributed by atoms with Crippen LogP contribution in [0.4, 0.5) is 0 Å². The lowest BCUT2D eigenvalue weighted by Crippen LogP contribution is -2.50. The zero-order valence-electron chi connectivity index (χ0n) is 16.3. The van der Waals surface area contributed by atoms with Crippen molar-refractivity contribution in [1.29, 1.82) is 0 Å². The Labute approximate surface area is 167 Å². The summed E-state index contributed by atoms with van der Waals surface area (Å²) in [6.07, 6.45) is 5.95. The SMILES string of the molecule is O=C(OCC1CCCN2CCCCC12)C(O)(c1ccccc1)c1ccccc1. The highest BCUT2D eigenvalue weighted by atomic mass is 16.5. The first-order valence-electron chi connectivity index (χ1n) is 10.4. The van der Waals surface area contributed by atoms with Crippen LogP contribution in [-0.2, 0) is 15.1 Å². The quantitative estimate of drug-likeness (QED) is 0.805. The minimum atomic E-state index is -1.79. The molecule has 0 aliphatic carbocycles. The smallest absolute Gasteiger partial charge is 0.347 e. The van der Waals surface area contributed by atoms with Gasteiger partial charge in [0, 0.05) is 12.0 Å². The van der Waals surface area contributed by atoms with E-state index in [2.05, 4.69) is 4.90 Å². The van der Waals surface area contributed by atoms with Crippen LogP contribution in [-0.4, -0.2) is 41.7 Å². The fourth-order valence-electron chi connectivity index (χ4n) is 4.82. The Morgan fingerprint density at radius 1 is 0.929 bits per heavy atom. The average Bonchev–Trinajstić information content (AvgIpc) is 2.78. The van der Waals surface area contributed by atoms with Crippen LogP contribution in [0.15, 0.2) is 60.7 Å². The first-order chi connectivity index (χ1) is 13.7. The summed E-state index contributed by atoms with van der Waals surface area (Å²) >= 11 is 0. The van der Waals surface area contributed by atoms with Gasteiger partial charge in [-0.25, -0.2) is 4.79 Å². The summed E-state index contributed by atoms with van der Waals surface area (Å²) in [7, 11) is 0. The Morgan fingerprint density at radius 3 is 2.18 bits per heavy atom. The van der Waals surface area contributed by atoms with E-state index in [0.29, 0.717) is 29.7 Å². The van der Waals surface area contributed by atoms with Crippen LogP contribution in [0.1, 0.15) is 43.2 Å². The Bertz CT molecular complexity index is 735. The number of piperidine rings is 2. The third kappa shape index (κ3) is 3.71.